The van der Waals surface area contributed by atoms with Crippen LogP contribution in [0.3, 0.4) is 0 Å². The highest BCUT2D eigenvalue weighted by molar-refractivity contribution is 6.12. The van der Waals surface area contributed by atoms with Crippen LogP contribution in [0.25, 0.3) is 0 Å². The summed E-state index contributed by atoms with van der Waals surface area (Å²) in [5.74, 6) is 0.989. The zero-order valence-electron chi connectivity index (χ0n) is 11.3. The van der Waals surface area contributed by atoms with Crippen LogP contribution in [0, 0.1) is 5.92 Å². The lowest BCUT2D eigenvalue weighted by Crippen LogP contribution is -2.28. The summed E-state index contributed by atoms with van der Waals surface area (Å²) < 4.78 is 0. The van der Waals surface area contributed by atoms with E-state index in [2.05, 4.69) is 36.8 Å². The normalized spacial score (nSPS) is 16.9. The van der Waals surface area contributed by atoms with Crippen molar-refractivity contribution in [3.63, 3.8) is 0 Å². The molecule has 0 spiro atoms. The standard InChI is InChI=1S/C14H21N3O/c1-5-11(3)7-8-17-10-13(9-16-12(17)4)14(18)15-6-2/h7-11H,4-6H2,1-3H3,(H,15,18)/b8-7-. The molecule has 1 N–H and O–H groups in total. The van der Waals surface area contributed by atoms with Crippen molar-refractivity contribution in [3.8, 4) is 0 Å². The van der Waals surface area contributed by atoms with Crippen molar-refractivity contribution < 1.29 is 4.79 Å². The van der Waals surface area contributed by atoms with Crippen LogP contribution in [-0.4, -0.2) is 23.6 Å². The van der Waals surface area contributed by atoms with Gasteiger partial charge in [0.25, 0.3) is 5.91 Å². The molecular weight excluding hydrogens is 226 g/mol. The molecule has 98 valence electrons. The van der Waals surface area contributed by atoms with Crippen LogP contribution in [0.15, 0.2) is 41.4 Å². The summed E-state index contributed by atoms with van der Waals surface area (Å²) in [6.07, 6.45) is 8.36. The number of hydrogen-bond acceptors (Lipinski definition) is 3. The van der Waals surface area contributed by atoms with Crippen molar-refractivity contribution in [2.75, 3.05) is 6.54 Å². The maximum absolute atomic E-state index is 11.7. The van der Waals surface area contributed by atoms with Gasteiger partial charge in [-0.25, -0.2) is 4.99 Å². The van der Waals surface area contributed by atoms with E-state index in [1.54, 1.807) is 17.3 Å². The van der Waals surface area contributed by atoms with E-state index in [0.717, 1.165) is 6.42 Å². The van der Waals surface area contributed by atoms with Crippen LogP contribution in [0.4, 0.5) is 0 Å². The highest BCUT2D eigenvalue weighted by atomic mass is 16.1. The molecule has 1 aliphatic rings. The molecule has 0 aromatic heterocycles. The first kappa shape index (κ1) is 14.2. The lowest BCUT2D eigenvalue weighted by molar-refractivity contribution is -0.116. The van der Waals surface area contributed by atoms with Gasteiger partial charge in [-0.15, -0.1) is 0 Å². The smallest absolute Gasteiger partial charge is 0.254 e. The van der Waals surface area contributed by atoms with Gasteiger partial charge in [-0.05, 0) is 12.8 Å². The summed E-state index contributed by atoms with van der Waals surface area (Å²) in [6, 6.07) is 0. The molecule has 1 amide bonds. The Morgan fingerprint density at radius 2 is 2.33 bits per heavy atom. The second-order valence-electron chi connectivity index (χ2n) is 4.25. The zero-order chi connectivity index (χ0) is 13.5. The number of carbonyl (C=O) groups excluding carboxylic acids is 1. The molecular formula is C14H21N3O. The molecule has 0 fully saturated rings. The average molecular weight is 247 g/mol. The van der Waals surface area contributed by atoms with Gasteiger partial charge in [0.2, 0.25) is 0 Å². The predicted molar refractivity (Wildman–Crippen MR) is 74.8 cm³/mol. The van der Waals surface area contributed by atoms with Crippen molar-refractivity contribution in [1.29, 1.82) is 0 Å². The largest absolute Gasteiger partial charge is 0.352 e. The van der Waals surface area contributed by atoms with Gasteiger partial charge in [-0.1, -0.05) is 32.9 Å². The summed E-state index contributed by atoms with van der Waals surface area (Å²) in [4.78, 5) is 17.6. The third-order valence-corrected chi connectivity index (χ3v) is 2.75. The first-order chi connectivity index (χ1) is 8.58. The third-order valence-electron chi connectivity index (χ3n) is 2.75. The minimum atomic E-state index is -0.115. The summed E-state index contributed by atoms with van der Waals surface area (Å²) in [7, 11) is 0. The molecule has 18 heavy (non-hydrogen) atoms. The molecule has 0 aromatic carbocycles. The fourth-order valence-electron chi connectivity index (χ4n) is 1.35. The Bertz CT molecular complexity index is 407. The van der Waals surface area contributed by atoms with E-state index in [-0.39, 0.29) is 5.91 Å². The summed E-state index contributed by atoms with van der Waals surface area (Å²) in [5.41, 5.74) is 0.540. The summed E-state index contributed by atoms with van der Waals surface area (Å²) in [5, 5.41) is 2.75. The molecule has 0 saturated carbocycles. The number of amides is 1. The number of hydrogen-bond donors (Lipinski definition) is 1. The van der Waals surface area contributed by atoms with Gasteiger partial charge in [0.15, 0.2) is 0 Å². The van der Waals surface area contributed by atoms with Crippen LogP contribution in [0.5, 0.6) is 0 Å². The van der Waals surface area contributed by atoms with Gasteiger partial charge in [-0.2, -0.15) is 0 Å². The maximum Gasteiger partial charge on any atom is 0.254 e. The van der Waals surface area contributed by atoms with Gasteiger partial charge in [0, 0.05) is 25.2 Å². The first-order valence-corrected chi connectivity index (χ1v) is 6.28. The Hall–Kier alpha value is -1.84. The first-order valence-electron chi connectivity index (χ1n) is 6.28. The molecule has 1 rings (SSSR count). The number of aliphatic imine (C=N–C) groups is 1. The minimum absolute atomic E-state index is 0.115. The molecule has 0 radical (unpaired) electrons. The molecule has 1 aliphatic heterocycles. The number of nitrogens with one attached hydrogen (secondary N) is 1. The van der Waals surface area contributed by atoms with Gasteiger partial charge in [-0.3, -0.25) is 4.79 Å². The van der Waals surface area contributed by atoms with Crippen LogP contribution >= 0.6 is 0 Å². The molecule has 4 nitrogen and oxygen atoms in total. The summed E-state index contributed by atoms with van der Waals surface area (Å²) in [6.45, 7) is 10.6. The fraction of sp³-hybridized carbons (Fsp3) is 0.429. The Morgan fingerprint density at radius 1 is 1.61 bits per heavy atom. The minimum Gasteiger partial charge on any atom is -0.352 e. The van der Waals surface area contributed by atoms with E-state index in [9.17, 15) is 4.79 Å². The van der Waals surface area contributed by atoms with Gasteiger partial charge < -0.3 is 10.2 Å². The van der Waals surface area contributed by atoms with Gasteiger partial charge in [0.1, 0.15) is 5.82 Å². The van der Waals surface area contributed by atoms with Crippen LogP contribution in [0.1, 0.15) is 27.2 Å². The van der Waals surface area contributed by atoms with E-state index >= 15 is 0 Å². The summed E-state index contributed by atoms with van der Waals surface area (Å²) >= 11 is 0. The fourth-order valence-corrected chi connectivity index (χ4v) is 1.35. The van der Waals surface area contributed by atoms with Crippen molar-refractivity contribution in [2.45, 2.75) is 27.2 Å². The van der Waals surface area contributed by atoms with Crippen molar-refractivity contribution >= 4 is 12.1 Å². The second-order valence-corrected chi connectivity index (χ2v) is 4.25. The number of allylic oxidation sites excluding steroid dienone is 1. The van der Waals surface area contributed by atoms with Gasteiger partial charge in [0.05, 0.1) is 5.57 Å². The third kappa shape index (κ3) is 3.87. The van der Waals surface area contributed by atoms with E-state index in [1.807, 2.05) is 13.1 Å². The quantitative estimate of drug-likeness (QED) is 0.811. The monoisotopic (exact) mass is 247 g/mol. The SMILES string of the molecule is C=C1N=CC(C(=O)NCC)=CN1/C=C\C(C)CC. The molecule has 4 heteroatoms. The Morgan fingerprint density at radius 3 is 2.94 bits per heavy atom. The number of nitrogens with zero attached hydrogens (tertiary/aromatic N) is 2. The van der Waals surface area contributed by atoms with Crippen molar-refractivity contribution in [3.05, 3.63) is 36.4 Å². The number of carbonyl (C=O) groups is 1. The van der Waals surface area contributed by atoms with Crippen molar-refractivity contribution in [2.24, 2.45) is 10.9 Å². The zero-order valence-corrected chi connectivity index (χ0v) is 11.3. The number of rotatable bonds is 5. The van der Waals surface area contributed by atoms with Crippen LogP contribution in [0.2, 0.25) is 0 Å². The molecule has 1 heterocycles. The van der Waals surface area contributed by atoms with E-state index in [4.69, 9.17) is 0 Å². The lowest BCUT2D eigenvalue weighted by Gasteiger charge is -2.20. The van der Waals surface area contributed by atoms with E-state index < -0.39 is 0 Å². The highest BCUT2D eigenvalue weighted by Gasteiger charge is 2.13. The Kier molecular flexibility index (Phi) is 5.36. The molecule has 0 saturated heterocycles. The predicted octanol–water partition coefficient (Wildman–Crippen LogP) is 2.42. The lowest BCUT2D eigenvalue weighted by atomic mass is 10.1. The van der Waals surface area contributed by atoms with E-state index in [1.165, 1.54) is 0 Å². The van der Waals surface area contributed by atoms with Gasteiger partial charge >= 0.3 is 0 Å². The Labute approximate surface area is 109 Å². The molecule has 0 aromatic rings. The average Bonchev–Trinajstić information content (AvgIpc) is 2.37. The number of likely N-dealkylation sites (N-methyl/N-ethyl adjacent to an activating group) is 1. The van der Waals surface area contributed by atoms with Crippen LogP contribution in [-0.2, 0) is 4.79 Å². The maximum atomic E-state index is 11.7. The highest BCUT2D eigenvalue weighted by Crippen LogP contribution is 2.14. The second kappa shape index (κ2) is 6.79. The molecule has 1 atom stereocenters. The van der Waals surface area contributed by atoms with Crippen LogP contribution < -0.4 is 5.32 Å². The van der Waals surface area contributed by atoms with E-state index in [0.29, 0.717) is 23.9 Å². The molecule has 0 aliphatic carbocycles. The topological polar surface area (TPSA) is 44.7 Å². The molecule has 0 bridgehead atoms. The molecule has 1 unspecified atom stereocenters. The van der Waals surface area contributed by atoms with Crippen molar-refractivity contribution in [1.82, 2.24) is 10.2 Å². The Balaban J connectivity index is 2.78.